The van der Waals surface area contributed by atoms with Crippen LogP contribution in [0.5, 0.6) is 11.5 Å². The molecular formula is C24H25N3O4. The van der Waals surface area contributed by atoms with Crippen molar-refractivity contribution in [2.75, 3.05) is 33.0 Å². The molecule has 1 fully saturated rings. The Kier molecular flexibility index (Phi) is 5.34. The van der Waals surface area contributed by atoms with Gasteiger partial charge in [-0.2, -0.15) is 0 Å². The maximum absolute atomic E-state index is 12.6. The summed E-state index contributed by atoms with van der Waals surface area (Å²) in [6.45, 7) is 4.10. The van der Waals surface area contributed by atoms with Crippen LogP contribution in [0.2, 0.25) is 0 Å². The Hall–Kier alpha value is -3.32. The molecule has 1 amide bonds. The van der Waals surface area contributed by atoms with E-state index in [1.807, 2.05) is 47.4 Å². The van der Waals surface area contributed by atoms with E-state index >= 15 is 0 Å². The van der Waals surface area contributed by atoms with Crippen LogP contribution in [0.25, 0.3) is 10.9 Å². The van der Waals surface area contributed by atoms with Gasteiger partial charge in [0.15, 0.2) is 11.5 Å². The van der Waals surface area contributed by atoms with Crippen molar-refractivity contribution in [3.05, 3.63) is 60.3 Å². The fourth-order valence-electron chi connectivity index (χ4n) is 4.25. The number of nitrogens with zero attached hydrogens (tertiary/aromatic N) is 3. The Morgan fingerprint density at radius 1 is 0.839 bits per heavy atom. The van der Waals surface area contributed by atoms with Crippen LogP contribution in [0.15, 0.2) is 54.7 Å². The van der Waals surface area contributed by atoms with Crippen molar-refractivity contribution in [1.82, 2.24) is 14.4 Å². The molecule has 3 heterocycles. The minimum absolute atomic E-state index is 0.0454. The number of para-hydroxylation sites is 1. The number of fused-ring (bicyclic) bond motifs is 2. The minimum Gasteiger partial charge on any atom is -0.454 e. The summed E-state index contributed by atoms with van der Waals surface area (Å²) in [6, 6.07) is 15.7. The number of hydrogen-bond donors (Lipinski definition) is 0. The van der Waals surface area contributed by atoms with Crippen LogP contribution >= 0.6 is 0 Å². The molecular weight excluding hydrogens is 394 g/mol. The Morgan fingerprint density at radius 2 is 1.61 bits per heavy atom. The lowest BCUT2D eigenvalue weighted by molar-refractivity contribution is -0.133. The largest absolute Gasteiger partial charge is 0.454 e. The highest BCUT2D eigenvalue weighted by atomic mass is 16.7. The van der Waals surface area contributed by atoms with E-state index in [2.05, 4.69) is 11.0 Å². The zero-order chi connectivity index (χ0) is 21.2. The molecule has 1 aromatic heterocycles. The Balaban J connectivity index is 1.10. The van der Waals surface area contributed by atoms with E-state index in [1.165, 1.54) is 5.56 Å². The van der Waals surface area contributed by atoms with Gasteiger partial charge in [-0.05, 0) is 29.8 Å². The van der Waals surface area contributed by atoms with Crippen molar-refractivity contribution in [1.29, 1.82) is 0 Å². The summed E-state index contributed by atoms with van der Waals surface area (Å²) >= 11 is 0. The van der Waals surface area contributed by atoms with E-state index in [9.17, 15) is 9.59 Å². The molecule has 2 aromatic carbocycles. The fourth-order valence-corrected chi connectivity index (χ4v) is 4.25. The van der Waals surface area contributed by atoms with Gasteiger partial charge >= 0.3 is 0 Å². The Bertz CT molecular complexity index is 1110. The molecule has 0 radical (unpaired) electrons. The highest BCUT2D eigenvalue weighted by Gasteiger charge is 2.22. The second-order valence-corrected chi connectivity index (χ2v) is 7.98. The van der Waals surface area contributed by atoms with Gasteiger partial charge in [-0.25, -0.2) is 0 Å². The molecule has 7 nitrogen and oxygen atoms in total. The summed E-state index contributed by atoms with van der Waals surface area (Å²) in [4.78, 5) is 29.5. The Morgan fingerprint density at radius 3 is 2.48 bits per heavy atom. The van der Waals surface area contributed by atoms with Gasteiger partial charge < -0.3 is 14.4 Å². The van der Waals surface area contributed by atoms with Crippen LogP contribution in [0, 0.1) is 0 Å². The summed E-state index contributed by atoms with van der Waals surface area (Å²) in [5.74, 6) is 1.59. The van der Waals surface area contributed by atoms with E-state index < -0.39 is 0 Å². The van der Waals surface area contributed by atoms with Crippen molar-refractivity contribution in [2.45, 2.75) is 19.4 Å². The average Bonchev–Trinajstić information content (AvgIpc) is 3.44. The first-order valence-electron chi connectivity index (χ1n) is 10.7. The predicted molar refractivity (Wildman–Crippen MR) is 116 cm³/mol. The van der Waals surface area contributed by atoms with Crippen LogP contribution in [0.3, 0.4) is 0 Å². The van der Waals surface area contributed by atoms with Crippen LogP contribution < -0.4 is 9.47 Å². The number of aromatic nitrogens is 1. The molecule has 0 bridgehead atoms. The van der Waals surface area contributed by atoms with Gasteiger partial charge in [0.25, 0.3) is 0 Å². The highest BCUT2D eigenvalue weighted by molar-refractivity contribution is 5.93. The second-order valence-electron chi connectivity index (χ2n) is 7.98. The van der Waals surface area contributed by atoms with Crippen LogP contribution in [-0.4, -0.2) is 59.2 Å². The molecule has 1 saturated heterocycles. The number of rotatable bonds is 5. The normalized spacial score (nSPS) is 16.1. The quantitative estimate of drug-likeness (QED) is 0.636. The number of piperazine rings is 1. The molecule has 0 atom stereocenters. The lowest BCUT2D eigenvalue weighted by Crippen LogP contribution is -2.48. The summed E-state index contributed by atoms with van der Waals surface area (Å²) < 4.78 is 12.5. The molecule has 0 spiro atoms. The summed E-state index contributed by atoms with van der Waals surface area (Å²) in [5.41, 5.74) is 2.06. The van der Waals surface area contributed by atoms with E-state index in [0.717, 1.165) is 42.0 Å². The zero-order valence-corrected chi connectivity index (χ0v) is 17.3. The van der Waals surface area contributed by atoms with Crippen LogP contribution in [0.4, 0.5) is 0 Å². The van der Waals surface area contributed by atoms with Gasteiger partial charge in [0, 0.05) is 57.1 Å². The first-order valence-corrected chi connectivity index (χ1v) is 10.7. The van der Waals surface area contributed by atoms with Crippen molar-refractivity contribution in [2.24, 2.45) is 0 Å². The molecule has 0 unspecified atom stereocenters. The molecule has 5 rings (SSSR count). The van der Waals surface area contributed by atoms with E-state index in [0.29, 0.717) is 13.1 Å². The fraction of sp³-hybridized carbons (Fsp3) is 0.333. The predicted octanol–water partition coefficient (Wildman–Crippen LogP) is 3.13. The summed E-state index contributed by atoms with van der Waals surface area (Å²) in [5, 5.41) is 1.03. The van der Waals surface area contributed by atoms with Gasteiger partial charge in [0.1, 0.15) is 0 Å². The molecule has 0 aliphatic carbocycles. The third-order valence-electron chi connectivity index (χ3n) is 5.99. The maximum atomic E-state index is 12.6. The van der Waals surface area contributed by atoms with Crippen molar-refractivity contribution < 1.29 is 19.1 Å². The van der Waals surface area contributed by atoms with Crippen molar-refractivity contribution in [3.63, 3.8) is 0 Å². The number of carbonyl (C=O) groups excluding carboxylic acids is 2. The number of amides is 1. The molecule has 31 heavy (non-hydrogen) atoms. The lowest BCUT2D eigenvalue weighted by Gasteiger charge is -2.34. The van der Waals surface area contributed by atoms with Crippen molar-refractivity contribution >= 4 is 22.7 Å². The monoisotopic (exact) mass is 419 g/mol. The molecule has 3 aromatic rings. The molecule has 0 N–H and O–H groups in total. The van der Waals surface area contributed by atoms with E-state index in [-0.39, 0.29) is 31.4 Å². The van der Waals surface area contributed by atoms with Gasteiger partial charge in [-0.1, -0.05) is 24.3 Å². The van der Waals surface area contributed by atoms with E-state index in [4.69, 9.17) is 9.47 Å². The summed E-state index contributed by atoms with van der Waals surface area (Å²) in [6.07, 6.45) is 2.24. The van der Waals surface area contributed by atoms with Gasteiger partial charge in [0.2, 0.25) is 18.6 Å². The first-order chi connectivity index (χ1) is 15.2. The number of benzene rings is 2. The van der Waals surface area contributed by atoms with Crippen LogP contribution in [0.1, 0.15) is 23.2 Å². The molecule has 2 aliphatic rings. The van der Waals surface area contributed by atoms with E-state index in [1.54, 1.807) is 10.8 Å². The third-order valence-corrected chi connectivity index (χ3v) is 5.99. The maximum Gasteiger partial charge on any atom is 0.231 e. The van der Waals surface area contributed by atoms with Gasteiger partial charge in [0.05, 0.1) is 5.52 Å². The molecule has 7 heteroatoms. The topological polar surface area (TPSA) is 64.0 Å². The number of carbonyl (C=O) groups is 2. The molecule has 2 aliphatic heterocycles. The Labute approximate surface area is 180 Å². The van der Waals surface area contributed by atoms with Crippen molar-refractivity contribution in [3.8, 4) is 11.5 Å². The lowest BCUT2D eigenvalue weighted by atomic mass is 10.1. The van der Waals surface area contributed by atoms with Gasteiger partial charge in [-0.3, -0.25) is 19.1 Å². The smallest absolute Gasteiger partial charge is 0.231 e. The molecule has 160 valence electrons. The average molecular weight is 419 g/mol. The number of ether oxygens (including phenoxy) is 2. The number of hydrogen-bond acceptors (Lipinski definition) is 5. The highest BCUT2D eigenvalue weighted by Crippen LogP contribution is 2.32. The zero-order valence-electron chi connectivity index (χ0n) is 17.3. The third kappa shape index (κ3) is 4.14. The standard InChI is InChI=1S/C24H25N3O4/c28-23(7-8-24(29)27-10-9-19-3-1-2-4-20(19)27)26-13-11-25(12-14-26)16-18-5-6-21-22(15-18)31-17-30-21/h1-6,9-10,15H,7-8,11-14,16-17H2. The van der Waals surface area contributed by atoms with Gasteiger partial charge in [-0.15, -0.1) is 0 Å². The molecule has 0 saturated carbocycles. The van der Waals surface area contributed by atoms with Crippen LogP contribution in [-0.2, 0) is 11.3 Å². The SMILES string of the molecule is O=C(CCC(=O)n1ccc2ccccc21)N1CCN(Cc2ccc3c(c2)OCO3)CC1. The first kappa shape index (κ1) is 19.6. The minimum atomic E-state index is -0.0454. The second kappa shape index (κ2) is 8.43. The summed E-state index contributed by atoms with van der Waals surface area (Å²) in [7, 11) is 0.